The minimum atomic E-state index is -1.17. The molecule has 0 radical (unpaired) electrons. The molecule has 1 fully saturated rings. The Bertz CT molecular complexity index is 2900. The Labute approximate surface area is 538 Å². The molecule has 2 heterocycles. The summed E-state index contributed by atoms with van der Waals surface area (Å²) < 4.78 is 34.5. The Morgan fingerprint density at radius 2 is 1.27 bits per heavy atom. The fraction of sp³-hybridized carbons (Fsp3) is 0.594. The quantitative estimate of drug-likeness (QED) is 0.0398. The van der Waals surface area contributed by atoms with Gasteiger partial charge in [0.05, 0.1) is 108 Å². The molecule has 2 aliphatic rings. The second-order valence-corrected chi connectivity index (χ2v) is 24.1. The van der Waals surface area contributed by atoms with Crippen molar-refractivity contribution in [1.29, 1.82) is 0 Å². The van der Waals surface area contributed by atoms with E-state index in [2.05, 4.69) is 27.8 Å². The molecule has 4 N–H and O–H groups in total. The number of carbonyl (C=O) groups is 8. The van der Waals surface area contributed by atoms with Crippen LogP contribution in [-0.4, -0.2) is 204 Å². The van der Waals surface area contributed by atoms with Gasteiger partial charge in [-0.1, -0.05) is 127 Å². The van der Waals surface area contributed by atoms with Crippen molar-refractivity contribution in [1.82, 2.24) is 30.7 Å². The number of anilines is 1. The van der Waals surface area contributed by atoms with Crippen LogP contribution in [0, 0.1) is 35.5 Å². The Balaban J connectivity index is 0.989. The number of likely N-dealkylation sites (N-methyl/N-ethyl adjacent to an activating group) is 2. The molecule has 91 heavy (non-hydrogen) atoms. The lowest BCUT2D eigenvalue weighted by Crippen LogP contribution is -2.60. The first-order valence-corrected chi connectivity index (χ1v) is 31.9. The normalized spacial score (nSPS) is 16.3. The van der Waals surface area contributed by atoms with E-state index in [0.29, 0.717) is 58.8 Å². The Kier molecular flexibility index (Phi) is 31.6. The first-order chi connectivity index (χ1) is 43.6. The van der Waals surface area contributed by atoms with Crippen molar-refractivity contribution in [2.45, 2.75) is 149 Å². The molecular formula is C69H99N7O15. The number of aliphatic carboxylic acids is 1. The fourth-order valence-electron chi connectivity index (χ4n) is 11.7. The van der Waals surface area contributed by atoms with Gasteiger partial charge in [-0.05, 0) is 59.9 Å². The summed E-state index contributed by atoms with van der Waals surface area (Å²) in [4.78, 5) is 115. The van der Waals surface area contributed by atoms with Gasteiger partial charge in [-0.15, -0.1) is 0 Å². The van der Waals surface area contributed by atoms with Crippen molar-refractivity contribution in [2.75, 3.05) is 99.2 Å². The van der Waals surface area contributed by atoms with E-state index in [1.807, 2.05) is 96.1 Å². The van der Waals surface area contributed by atoms with Gasteiger partial charge in [0, 0.05) is 71.8 Å². The summed E-state index contributed by atoms with van der Waals surface area (Å²) in [6.45, 7) is 16.1. The molecule has 7 amide bonds. The topological polar surface area (TPSA) is 261 Å². The first-order valence-electron chi connectivity index (χ1n) is 31.9. The van der Waals surface area contributed by atoms with Gasteiger partial charge in [0.2, 0.25) is 41.4 Å². The molecule has 5 rings (SSSR count). The van der Waals surface area contributed by atoms with E-state index in [-0.39, 0.29) is 112 Å². The van der Waals surface area contributed by atoms with Crippen LogP contribution < -0.4 is 20.9 Å². The van der Waals surface area contributed by atoms with Gasteiger partial charge in [0.25, 0.3) is 0 Å². The second kappa shape index (κ2) is 38.6. The van der Waals surface area contributed by atoms with Gasteiger partial charge in [0.1, 0.15) is 18.1 Å². The van der Waals surface area contributed by atoms with E-state index in [1.54, 1.807) is 60.0 Å². The summed E-state index contributed by atoms with van der Waals surface area (Å²) in [6.07, 6.45) is 0.430. The molecule has 3 aromatic rings. The van der Waals surface area contributed by atoms with Crippen molar-refractivity contribution in [3.05, 3.63) is 101 Å². The highest BCUT2D eigenvalue weighted by molar-refractivity contribution is 5.97. The van der Waals surface area contributed by atoms with Crippen molar-refractivity contribution in [3.63, 3.8) is 0 Å². The zero-order chi connectivity index (χ0) is 66.6. The highest BCUT2D eigenvalue weighted by Crippen LogP contribution is 2.31. The summed E-state index contributed by atoms with van der Waals surface area (Å²) in [7, 11) is 6.19. The number of methoxy groups -OCH3 is 2. The fourth-order valence-corrected chi connectivity index (χ4v) is 11.7. The van der Waals surface area contributed by atoms with Crippen LogP contribution in [0.1, 0.15) is 116 Å². The maximum absolute atomic E-state index is 14.7. The minimum absolute atomic E-state index is 0.00385. The molecule has 500 valence electrons. The van der Waals surface area contributed by atoms with Crippen molar-refractivity contribution >= 4 is 53.0 Å². The predicted octanol–water partition coefficient (Wildman–Crippen LogP) is 5.64. The van der Waals surface area contributed by atoms with Gasteiger partial charge in [-0.2, -0.15) is 0 Å². The number of amides is 7. The number of benzene rings is 3. The zero-order valence-corrected chi connectivity index (χ0v) is 55.2. The number of nitrogens with zero attached hydrogens (tertiary/aromatic N) is 4. The highest BCUT2D eigenvalue weighted by atomic mass is 16.6. The van der Waals surface area contributed by atoms with Crippen LogP contribution in [0.25, 0.3) is 0 Å². The van der Waals surface area contributed by atoms with Crippen molar-refractivity contribution in [3.8, 4) is 11.8 Å². The molecule has 22 nitrogen and oxygen atoms in total. The molecule has 0 aromatic heterocycles. The van der Waals surface area contributed by atoms with Crippen molar-refractivity contribution < 1.29 is 71.9 Å². The number of rotatable bonds is 39. The summed E-state index contributed by atoms with van der Waals surface area (Å²) in [5.41, 5.74) is 4.05. The summed E-state index contributed by atoms with van der Waals surface area (Å²) in [5.74, 6) is 1.23. The van der Waals surface area contributed by atoms with E-state index in [1.165, 1.54) is 19.1 Å². The monoisotopic (exact) mass is 1270 g/mol. The third-order valence-electron chi connectivity index (χ3n) is 17.0. The number of likely N-dealkylation sites (tertiary alicyclic amines) is 1. The van der Waals surface area contributed by atoms with Crippen LogP contribution in [0.2, 0.25) is 0 Å². The molecule has 0 saturated carbocycles. The number of para-hydroxylation sites is 1. The largest absolute Gasteiger partial charge is 0.480 e. The first kappa shape index (κ1) is 74.5. The molecule has 0 spiro atoms. The summed E-state index contributed by atoms with van der Waals surface area (Å²) >= 11 is 0. The number of carbonyl (C=O) groups excluding carboxylic acids is 7. The van der Waals surface area contributed by atoms with Crippen LogP contribution in [0.5, 0.6) is 0 Å². The lowest BCUT2D eigenvalue weighted by atomic mass is 9.89. The predicted molar refractivity (Wildman–Crippen MR) is 344 cm³/mol. The van der Waals surface area contributed by atoms with Gasteiger partial charge in [-0.25, -0.2) is 4.79 Å². The maximum atomic E-state index is 14.7. The number of nitrogens with one attached hydrogen (secondary N) is 3. The average molecular weight is 1270 g/mol. The molecule has 0 aliphatic carbocycles. The molecule has 22 heteroatoms. The summed E-state index contributed by atoms with van der Waals surface area (Å²) in [6, 6.07) is 20.1. The van der Waals surface area contributed by atoms with Crippen LogP contribution in [0.3, 0.4) is 0 Å². The Morgan fingerprint density at radius 1 is 0.670 bits per heavy atom. The van der Waals surface area contributed by atoms with Gasteiger partial charge < -0.3 is 69.1 Å². The Morgan fingerprint density at radius 3 is 1.89 bits per heavy atom. The lowest BCUT2D eigenvalue weighted by Gasteiger charge is -2.41. The number of ether oxygens (including phenoxy) is 6. The van der Waals surface area contributed by atoms with Crippen LogP contribution in [-0.2, 0) is 79.7 Å². The molecule has 9 atom stereocenters. The Hall–Kier alpha value is -7.26. The number of fused-ring (bicyclic) bond motifs is 2. The lowest BCUT2D eigenvalue weighted by molar-refractivity contribution is -0.149. The highest BCUT2D eigenvalue weighted by Gasteiger charge is 2.44. The number of hydrogen-bond donors (Lipinski definition) is 4. The molecule has 1 saturated heterocycles. The average Bonchev–Trinajstić information content (AvgIpc) is 1.76. The third kappa shape index (κ3) is 22.5. The number of carboxylic acids is 1. The van der Waals surface area contributed by atoms with Crippen LogP contribution in [0.15, 0.2) is 78.9 Å². The SMILES string of the molecule is CC[C@H](C)[C@@H]([C@@H](CC(=O)N1CCC[C@H]1[C@H](OC)[C@@H](C)C(=O)N[C@@H](Cc1ccccc1)C(=O)O)OC)N(C)C(=O)[C@@H](NC(=O)[C@H](C(C)C)N(C)C(=O)CCOCCOCCOCCOCCNC(=O)CCC(=O)N1Cc2ccccc2C#Cc2ccccc21)C(C)C. The molecule has 2 aliphatic heterocycles. The third-order valence-corrected chi connectivity index (χ3v) is 17.0. The second-order valence-electron chi connectivity index (χ2n) is 24.1. The molecule has 3 aromatic carbocycles. The van der Waals surface area contributed by atoms with Crippen LogP contribution in [0.4, 0.5) is 5.69 Å². The van der Waals surface area contributed by atoms with E-state index in [4.69, 9.17) is 28.4 Å². The van der Waals surface area contributed by atoms with E-state index in [0.717, 1.165) is 27.9 Å². The summed E-state index contributed by atoms with van der Waals surface area (Å²) in [5, 5.41) is 18.5. The number of hydrogen-bond acceptors (Lipinski definition) is 14. The number of carboxylic acid groups (broad SMARTS) is 1. The van der Waals surface area contributed by atoms with Gasteiger partial charge in [0.15, 0.2) is 0 Å². The molecule has 0 bridgehead atoms. The molecular weight excluding hydrogens is 1170 g/mol. The van der Waals surface area contributed by atoms with E-state index >= 15 is 0 Å². The van der Waals surface area contributed by atoms with Gasteiger partial charge >= 0.3 is 5.97 Å². The zero-order valence-electron chi connectivity index (χ0n) is 55.2. The molecule has 0 unspecified atom stereocenters. The van der Waals surface area contributed by atoms with Gasteiger partial charge in [-0.3, -0.25) is 33.6 Å². The standard InChI is InChI=1S/C69H99N7O15/c1-12-48(6)64(57(86-10)44-61(80)75-34-20-27-56(75)65(87-11)49(7)66(81)71-54(69(84)85)43-50-21-14-13-15-22-50)74(9)68(83)62(46(2)3)72-67(82)63(47(4)5)73(8)59(78)32-35-88-37-39-90-41-42-91-40-38-89-36-33-70-58(77)30-31-60(79)76-45-53-25-17-16-23-51(53)28-29-52-24-18-19-26-55(52)76/h13-19,21-26,46-49,54,56-57,62-65H,12,20,27,30-45H2,1-11H3,(H,70,77)(H,71,81)(H,72,82)(H,84,85)/t48-,49+,54-,56-,57+,62-,63-,64-,65+/m0/s1. The smallest absolute Gasteiger partial charge is 0.326 e. The van der Waals surface area contributed by atoms with Crippen molar-refractivity contribution in [2.24, 2.45) is 23.7 Å². The van der Waals surface area contributed by atoms with E-state index < -0.39 is 66.1 Å². The maximum Gasteiger partial charge on any atom is 0.326 e. The van der Waals surface area contributed by atoms with Crippen LogP contribution >= 0.6 is 0 Å². The minimum Gasteiger partial charge on any atom is -0.480 e. The van der Waals surface area contributed by atoms with E-state index in [9.17, 15) is 43.5 Å².